The van der Waals surface area contributed by atoms with Gasteiger partial charge >= 0.3 is 0 Å². The second-order valence-electron chi connectivity index (χ2n) is 6.01. The van der Waals surface area contributed by atoms with Crippen LogP contribution in [0.15, 0.2) is 24.3 Å². The first kappa shape index (κ1) is 17.0. The van der Waals surface area contributed by atoms with Gasteiger partial charge in [0.1, 0.15) is 5.75 Å². The van der Waals surface area contributed by atoms with Crippen molar-refractivity contribution >= 4 is 5.91 Å². The number of nitrogens with zero attached hydrogens (tertiary/aromatic N) is 2. The molecule has 0 aliphatic rings. The van der Waals surface area contributed by atoms with Crippen molar-refractivity contribution in [2.75, 3.05) is 19.7 Å². The van der Waals surface area contributed by atoms with Crippen LogP contribution in [0.25, 0.3) is 0 Å². The SMILES string of the molecule is CC(C)CN(CC(C)C)C(=O)COc1ccc(C#N)cc1. The van der Waals surface area contributed by atoms with Crippen LogP contribution in [0.2, 0.25) is 0 Å². The third-order valence-electron chi connectivity index (χ3n) is 2.87. The maximum atomic E-state index is 12.3. The molecule has 0 aliphatic heterocycles. The fraction of sp³-hybridized carbons (Fsp3) is 0.529. The average Bonchev–Trinajstić information content (AvgIpc) is 2.43. The zero-order valence-corrected chi connectivity index (χ0v) is 13.3. The van der Waals surface area contributed by atoms with Crippen LogP contribution in [0, 0.1) is 23.2 Å². The molecule has 0 spiro atoms. The molecule has 0 atom stereocenters. The molecule has 114 valence electrons. The third kappa shape index (κ3) is 6.31. The van der Waals surface area contributed by atoms with Gasteiger partial charge in [0.05, 0.1) is 11.6 Å². The Morgan fingerprint density at radius 3 is 2.10 bits per heavy atom. The first-order chi connectivity index (χ1) is 9.92. The molecule has 0 heterocycles. The number of carbonyl (C=O) groups excluding carboxylic acids is 1. The zero-order valence-electron chi connectivity index (χ0n) is 13.3. The van der Waals surface area contributed by atoms with E-state index in [9.17, 15) is 4.79 Å². The van der Waals surface area contributed by atoms with Gasteiger partial charge in [0.15, 0.2) is 6.61 Å². The lowest BCUT2D eigenvalue weighted by atomic mass is 10.1. The van der Waals surface area contributed by atoms with E-state index in [0.717, 1.165) is 13.1 Å². The summed E-state index contributed by atoms with van der Waals surface area (Å²) in [5.74, 6) is 1.48. The van der Waals surface area contributed by atoms with E-state index in [0.29, 0.717) is 23.1 Å². The summed E-state index contributed by atoms with van der Waals surface area (Å²) >= 11 is 0. The molecule has 0 N–H and O–H groups in total. The van der Waals surface area contributed by atoms with Crippen molar-refractivity contribution in [3.8, 4) is 11.8 Å². The van der Waals surface area contributed by atoms with E-state index in [4.69, 9.17) is 10.00 Å². The smallest absolute Gasteiger partial charge is 0.260 e. The number of hydrogen-bond acceptors (Lipinski definition) is 3. The molecule has 4 heteroatoms. The predicted molar refractivity (Wildman–Crippen MR) is 82.9 cm³/mol. The van der Waals surface area contributed by atoms with Gasteiger partial charge < -0.3 is 9.64 Å². The minimum Gasteiger partial charge on any atom is -0.484 e. The Morgan fingerprint density at radius 1 is 1.14 bits per heavy atom. The molecule has 1 rings (SSSR count). The highest BCUT2D eigenvalue weighted by Crippen LogP contribution is 2.12. The molecule has 0 bridgehead atoms. The van der Waals surface area contributed by atoms with Gasteiger partial charge in [-0.05, 0) is 36.1 Å². The van der Waals surface area contributed by atoms with Gasteiger partial charge in [0.2, 0.25) is 0 Å². The predicted octanol–water partition coefficient (Wildman–Crippen LogP) is 3.08. The van der Waals surface area contributed by atoms with E-state index in [1.165, 1.54) is 0 Å². The maximum Gasteiger partial charge on any atom is 0.260 e. The number of ether oxygens (including phenoxy) is 1. The summed E-state index contributed by atoms with van der Waals surface area (Å²) in [4.78, 5) is 14.1. The summed E-state index contributed by atoms with van der Waals surface area (Å²) in [7, 11) is 0. The van der Waals surface area contributed by atoms with Gasteiger partial charge in [-0.15, -0.1) is 0 Å². The number of benzene rings is 1. The van der Waals surface area contributed by atoms with Crippen molar-refractivity contribution in [1.29, 1.82) is 5.26 Å². The van der Waals surface area contributed by atoms with E-state index >= 15 is 0 Å². The topological polar surface area (TPSA) is 53.3 Å². The summed E-state index contributed by atoms with van der Waals surface area (Å²) in [6.45, 7) is 9.92. The highest BCUT2D eigenvalue weighted by Gasteiger charge is 2.16. The second kappa shape index (κ2) is 8.31. The Hall–Kier alpha value is -2.02. The van der Waals surface area contributed by atoms with E-state index in [2.05, 4.69) is 27.7 Å². The van der Waals surface area contributed by atoms with Crippen molar-refractivity contribution in [2.24, 2.45) is 11.8 Å². The second-order valence-corrected chi connectivity index (χ2v) is 6.01. The summed E-state index contributed by atoms with van der Waals surface area (Å²) in [6, 6.07) is 8.83. The summed E-state index contributed by atoms with van der Waals surface area (Å²) in [5.41, 5.74) is 0.579. The van der Waals surface area contributed by atoms with E-state index in [-0.39, 0.29) is 12.5 Å². The van der Waals surface area contributed by atoms with Crippen molar-refractivity contribution in [3.05, 3.63) is 29.8 Å². The minimum absolute atomic E-state index is 0.00163. The molecule has 0 saturated carbocycles. The molecule has 0 aliphatic carbocycles. The average molecular weight is 288 g/mol. The van der Waals surface area contributed by atoms with E-state index < -0.39 is 0 Å². The summed E-state index contributed by atoms with van der Waals surface area (Å²) in [5, 5.41) is 8.74. The monoisotopic (exact) mass is 288 g/mol. The zero-order chi connectivity index (χ0) is 15.8. The first-order valence-electron chi connectivity index (χ1n) is 7.33. The van der Waals surface area contributed by atoms with Crippen LogP contribution in [-0.2, 0) is 4.79 Å². The quantitative estimate of drug-likeness (QED) is 0.774. The van der Waals surface area contributed by atoms with Gasteiger partial charge in [-0.3, -0.25) is 4.79 Å². The van der Waals surface area contributed by atoms with Crippen LogP contribution >= 0.6 is 0 Å². The third-order valence-corrected chi connectivity index (χ3v) is 2.87. The summed E-state index contributed by atoms with van der Waals surface area (Å²) < 4.78 is 5.51. The molecule has 1 aromatic rings. The molecular weight excluding hydrogens is 264 g/mol. The van der Waals surface area contributed by atoms with Gasteiger partial charge in [0.25, 0.3) is 5.91 Å². The van der Waals surface area contributed by atoms with E-state index in [1.807, 2.05) is 11.0 Å². The molecule has 0 unspecified atom stereocenters. The Bertz CT molecular complexity index is 477. The maximum absolute atomic E-state index is 12.3. The van der Waals surface area contributed by atoms with Gasteiger partial charge in [-0.2, -0.15) is 5.26 Å². The fourth-order valence-electron chi connectivity index (χ4n) is 2.02. The Balaban J connectivity index is 2.57. The molecule has 1 amide bonds. The van der Waals surface area contributed by atoms with Crippen molar-refractivity contribution < 1.29 is 9.53 Å². The Labute approximate surface area is 127 Å². The highest BCUT2D eigenvalue weighted by atomic mass is 16.5. The van der Waals surface area contributed by atoms with Crippen LogP contribution in [0.5, 0.6) is 5.75 Å². The number of carbonyl (C=O) groups is 1. The number of rotatable bonds is 7. The van der Waals surface area contributed by atoms with Crippen LogP contribution in [0.1, 0.15) is 33.3 Å². The number of amides is 1. The molecule has 1 aromatic carbocycles. The lowest BCUT2D eigenvalue weighted by Crippen LogP contribution is -2.39. The van der Waals surface area contributed by atoms with Crippen LogP contribution in [0.4, 0.5) is 0 Å². The molecular formula is C17H24N2O2. The largest absolute Gasteiger partial charge is 0.484 e. The van der Waals surface area contributed by atoms with Gasteiger partial charge in [-0.1, -0.05) is 27.7 Å². The Kier molecular flexibility index (Phi) is 6.74. The fourth-order valence-corrected chi connectivity index (χ4v) is 2.02. The van der Waals surface area contributed by atoms with Crippen molar-refractivity contribution in [3.63, 3.8) is 0 Å². The van der Waals surface area contributed by atoms with Crippen molar-refractivity contribution in [2.45, 2.75) is 27.7 Å². The molecule has 21 heavy (non-hydrogen) atoms. The molecule has 0 saturated heterocycles. The van der Waals surface area contributed by atoms with Crippen LogP contribution in [-0.4, -0.2) is 30.5 Å². The standard InChI is InChI=1S/C17H24N2O2/c1-13(2)10-19(11-14(3)4)17(20)12-21-16-7-5-15(9-18)6-8-16/h5-8,13-14H,10-12H2,1-4H3. The van der Waals surface area contributed by atoms with Crippen molar-refractivity contribution in [1.82, 2.24) is 4.90 Å². The summed E-state index contributed by atoms with van der Waals surface area (Å²) in [6.07, 6.45) is 0. The molecule has 0 fully saturated rings. The minimum atomic E-state index is 0.00163. The number of nitriles is 1. The lowest BCUT2D eigenvalue weighted by Gasteiger charge is -2.26. The highest BCUT2D eigenvalue weighted by molar-refractivity contribution is 5.77. The van der Waals surface area contributed by atoms with Gasteiger partial charge in [0, 0.05) is 13.1 Å². The normalized spacial score (nSPS) is 10.5. The molecule has 0 aromatic heterocycles. The van der Waals surface area contributed by atoms with E-state index in [1.54, 1.807) is 24.3 Å². The lowest BCUT2D eigenvalue weighted by molar-refractivity contribution is -0.134. The Morgan fingerprint density at radius 2 is 1.67 bits per heavy atom. The van der Waals surface area contributed by atoms with Crippen LogP contribution in [0.3, 0.4) is 0 Å². The molecule has 4 nitrogen and oxygen atoms in total. The van der Waals surface area contributed by atoms with Crippen LogP contribution < -0.4 is 4.74 Å². The first-order valence-corrected chi connectivity index (χ1v) is 7.33. The van der Waals surface area contributed by atoms with Gasteiger partial charge in [-0.25, -0.2) is 0 Å². The molecule has 0 radical (unpaired) electrons. The number of hydrogen-bond donors (Lipinski definition) is 0.